The van der Waals surface area contributed by atoms with Crippen LogP contribution in [0.25, 0.3) is 54.9 Å². The average Bonchev–Trinajstić information content (AvgIpc) is 3.96. The number of hydrogen-bond acceptors (Lipinski definition) is 0. The van der Waals surface area contributed by atoms with Gasteiger partial charge in [0.15, 0.2) is 0 Å². The Bertz CT molecular complexity index is 2460. The second-order valence-corrected chi connectivity index (χ2v) is 21.5. The summed E-state index contributed by atoms with van der Waals surface area (Å²) in [6.07, 6.45) is 4.73. The minimum Gasteiger partial charge on any atom is -0.184 e. The van der Waals surface area contributed by atoms with E-state index < -0.39 is 20.8 Å². The summed E-state index contributed by atoms with van der Waals surface area (Å²) in [5, 5.41) is 8.42. The molecule has 0 unspecified atom stereocenters. The Hall–Kier alpha value is -3.78. The monoisotopic (exact) mass is 917 g/mol. The van der Waals surface area contributed by atoms with E-state index in [4.69, 9.17) is 17.0 Å². The van der Waals surface area contributed by atoms with Crippen molar-refractivity contribution in [1.82, 2.24) is 0 Å². The molecule has 0 aromatic heterocycles. The molecule has 0 aliphatic carbocycles. The maximum absolute atomic E-state index is 4.93. The Morgan fingerprint density at radius 3 is 1.45 bits per heavy atom. The van der Waals surface area contributed by atoms with E-state index in [9.17, 15) is 0 Å². The van der Waals surface area contributed by atoms with Crippen LogP contribution in [-0.4, -0.2) is 9.52 Å². The first kappa shape index (κ1) is 45.7. The van der Waals surface area contributed by atoms with Gasteiger partial charge in [-0.3, -0.25) is 0 Å². The van der Waals surface area contributed by atoms with Crippen molar-refractivity contribution in [2.24, 2.45) is 0 Å². The van der Waals surface area contributed by atoms with Crippen molar-refractivity contribution in [3.8, 4) is 33.4 Å². The van der Waals surface area contributed by atoms with Gasteiger partial charge in [-0.2, -0.15) is 41.6 Å². The van der Waals surface area contributed by atoms with Crippen LogP contribution in [0.5, 0.6) is 0 Å². The van der Waals surface area contributed by atoms with Gasteiger partial charge in [0.05, 0.1) is 9.52 Å². The zero-order valence-corrected chi connectivity index (χ0v) is 41.5. The molecule has 0 bridgehead atoms. The van der Waals surface area contributed by atoms with Crippen LogP contribution in [0, 0.1) is 19.9 Å². The van der Waals surface area contributed by atoms with E-state index in [1.54, 1.807) is 0 Å². The molecule has 0 nitrogen and oxygen atoms in total. The number of fused-ring (bicyclic) bond motifs is 5. The van der Waals surface area contributed by atoms with Crippen LogP contribution in [0.3, 0.4) is 0 Å². The molecule has 2 radical (unpaired) electrons. The summed E-state index contributed by atoms with van der Waals surface area (Å²) in [6.45, 7) is 18.1. The molecule has 1 heterocycles. The molecule has 0 spiro atoms. The van der Waals surface area contributed by atoms with Gasteiger partial charge < -0.3 is 0 Å². The molecule has 0 atom stereocenters. The summed E-state index contributed by atoms with van der Waals surface area (Å²) < 4.78 is 0. The minimum atomic E-state index is -0.826. The molecule has 60 heavy (non-hydrogen) atoms. The van der Waals surface area contributed by atoms with Gasteiger partial charge in [0.2, 0.25) is 0 Å². The van der Waals surface area contributed by atoms with E-state index >= 15 is 0 Å². The smallest absolute Gasteiger partial charge is 0.0920 e. The van der Waals surface area contributed by atoms with E-state index in [1.807, 2.05) is 6.07 Å². The topological polar surface area (TPSA) is 0 Å². The molecule has 0 amide bonds. The first-order chi connectivity index (χ1) is 29.1. The molecule has 0 saturated carbocycles. The number of hydrogen-bond donors (Lipinski definition) is 0. The quantitative estimate of drug-likeness (QED) is 0.105. The molecule has 9 rings (SSSR count). The summed E-state index contributed by atoms with van der Waals surface area (Å²) >= 11 is -0.826. The standard InChI is InChI=1S/2C22H25.C12H7Si.2ClH.Zr/c2*1-5-8-17-13-18-11-12-19(15(2)3)22(21(18)14-17)20-10-7-6-9-16(20)4;1-3-7-11-9(5-1)10-6-2-4-8-12(10)13-11;;;/h2*6-7,9-15H,5,8H2,1-4H3;1-7H;2*1H;/q3*-1;;;+2/p-2. The summed E-state index contributed by atoms with van der Waals surface area (Å²) in [7, 11) is 10.7. The Labute approximate surface area is 381 Å². The number of benzene rings is 6. The van der Waals surface area contributed by atoms with E-state index in [1.165, 1.54) is 124 Å². The Balaban J connectivity index is 0.000000150. The third kappa shape index (κ3) is 10.6. The minimum absolute atomic E-state index is 0.531. The predicted molar refractivity (Wildman–Crippen MR) is 263 cm³/mol. The first-order valence-corrected chi connectivity index (χ1v) is 28.8. The maximum Gasteiger partial charge on any atom is 0.0920 e. The summed E-state index contributed by atoms with van der Waals surface area (Å²) in [5.74, 6) is 1.06. The van der Waals surface area contributed by atoms with Crippen LogP contribution in [-0.2, 0) is 33.7 Å². The first-order valence-electron chi connectivity index (χ1n) is 21.5. The van der Waals surface area contributed by atoms with Crippen molar-refractivity contribution in [3.63, 3.8) is 0 Å². The summed E-state index contributed by atoms with van der Waals surface area (Å²) in [4.78, 5) is 0. The van der Waals surface area contributed by atoms with Crippen molar-refractivity contribution >= 4 is 58.5 Å². The normalized spacial score (nSPS) is 11.3. The molecule has 1 aliphatic rings. The fourth-order valence-corrected chi connectivity index (χ4v) is 9.89. The third-order valence-corrected chi connectivity index (χ3v) is 12.8. The Morgan fingerprint density at radius 1 is 0.567 bits per heavy atom. The van der Waals surface area contributed by atoms with Crippen molar-refractivity contribution in [2.75, 3.05) is 0 Å². The number of halogens is 2. The van der Waals surface area contributed by atoms with Crippen molar-refractivity contribution in [1.29, 1.82) is 0 Å². The molecule has 4 heteroatoms. The molecular weight excluding hydrogens is 863 g/mol. The molecule has 306 valence electrons. The molecule has 8 aromatic rings. The Morgan fingerprint density at radius 2 is 1.00 bits per heavy atom. The Kier molecular flexibility index (Phi) is 16.6. The van der Waals surface area contributed by atoms with Crippen LogP contribution < -0.4 is 10.4 Å². The average molecular weight is 920 g/mol. The molecule has 8 aromatic carbocycles. The molecule has 0 fully saturated rings. The van der Waals surface area contributed by atoms with E-state index in [0.717, 1.165) is 9.52 Å². The van der Waals surface area contributed by atoms with Gasteiger partial charge in [0, 0.05) is 0 Å². The van der Waals surface area contributed by atoms with E-state index in [0.29, 0.717) is 11.8 Å². The molecule has 0 N–H and O–H groups in total. The fourth-order valence-electron chi connectivity index (χ4n) is 8.58. The molecule has 0 saturated heterocycles. The summed E-state index contributed by atoms with van der Waals surface area (Å²) in [5.41, 5.74) is 17.0. The maximum atomic E-state index is 4.93. The van der Waals surface area contributed by atoms with Crippen LogP contribution >= 0.6 is 17.0 Å². The van der Waals surface area contributed by atoms with Crippen LogP contribution in [0.1, 0.15) is 99.6 Å². The second kappa shape index (κ2) is 21.8. The van der Waals surface area contributed by atoms with E-state index in [2.05, 4.69) is 195 Å². The van der Waals surface area contributed by atoms with Crippen molar-refractivity contribution in [2.45, 2.75) is 92.9 Å². The number of aryl methyl sites for hydroxylation is 4. The van der Waals surface area contributed by atoms with Crippen LogP contribution in [0.2, 0.25) is 0 Å². The van der Waals surface area contributed by atoms with Gasteiger partial charge in [0.25, 0.3) is 0 Å². The van der Waals surface area contributed by atoms with Gasteiger partial charge in [-0.25, -0.2) is 0 Å². The van der Waals surface area contributed by atoms with Crippen molar-refractivity contribution in [3.05, 3.63) is 179 Å². The zero-order chi connectivity index (χ0) is 42.8. The van der Waals surface area contributed by atoms with Crippen LogP contribution in [0.15, 0.2) is 140 Å². The van der Waals surface area contributed by atoms with Gasteiger partial charge in [-0.15, -0.1) is 74.6 Å². The fraction of sp³-hybridized carbons (Fsp3) is 0.250. The molecule has 1 aliphatic heterocycles. The second-order valence-electron chi connectivity index (χ2n) is 16.4. The van der Waals surface area contributed by atoms with Gasteiger partial charge >= 0.3 is 37.9 Å². The molecular formula is C56H57Cl2SiZr-3. The largest absolute Gasteiger partial charge is 0.184 e. The van der Waals surface area contributed by atoms with Crippen molar-refractivity contribution < 1.29 is 20.8 Å². The zero-order valence-electron chi connectivity index (χ0n) is 36.5. The van der Waals surface area contributed by atoms with Gasteiger partial charge in [0.1, 0.15) is 0 Å². The van der Waals surface area contributed by atoms with E-state index in [-0.39, 0.29) is 0 Å². The SMILES string of the molecule is CCCc1cc2c(-c3ccccc3C)c(C(C)C)ccc2[cH-]1.CCCc1cc2c(-c3ccccc3C)c(C(C)C)ccc2[cH-]1.[Cl][Zr][Cl].[c-]1cccc2c1[Si]c1ccccc1-2. The van der Waals surface area contributed by atoms with Crippen LogP contribution in [0.4, 0.5) is 0 Å². The predicted octanol–water partition coefficient (Wildman–Crippen LogP) is 15.7. The van der Waals surface area contributed by atoms with Gasteiger partial charge in [-0.05, 0) is 60.8 Å². The third-order valence-electron chi connectivity index (χ3n) is 11.4. The van der Waals surface area contributed by atoms with Gasteiger partial charge in [-0.1, -0.05) is 160 Å². The summed E-state index contributed by atoms with van der Waals surface area (Å²) in [6, 6.07) is 54.5. The number of rotatable bonds is 8.